The van der Waals surface area contributed by atoms with Crippen molar-refractivity contribution in [1.82, 2.24) is 0 Å². The van der Waals surface area contributed by atoms with Crippen LogP contribution in [0.5, 0.6) is 0 Å². The molecule has 0 saturated carbocycles. The first-order chi connectivity index (χ1) is 35.0. The third-order valence-corrected chi connectivity index (χ3v) is 15.3. The molecule has 1 heteroatoms. The van der Waals surface area contributed by atoms with Gasteiger partial charge >= 0.3 is 0 Å². The maximum Gasteiger partial charge on any atom is 0.0714 e. The minimum Gasteiger partial charge on any atom is -0.310 e. The Bertz CT molecular complexity index is 3640. The lowest BCUT2D eigenvalue weighted by Gasteiger charge is -2.34. The molecule has 0 aliphatic heterocycles. The van der Waals surface area contributed by atoms with E-state index in [-0.39, 0.29) is 5.41 Å². The van der Waals surface area contributed by atoms with Crippen LogP contribution in [0.15, 0.2) is 273 Å². The Kier molecular flexibility index (Phi) is 10.1. The van der Waals surface area contributed by atoms with Gasteiger partial charge in [0.15, 0.2) is 0 Å². The molecule has 0 fully saturated rings. The number of nitrogens with zero attached hydrogens (tertiary/aromatic N) is 1. The van der Waals surface area contributed by atoms with Crippen LogP contribution in [0.2, 0.25) is 0 Å². The van der Waals surface area contributed by atoms with Gasteiger partial charge in [0.2, 0.25) is 0 Å². The Morgan fingerprint density at radius 2 is 0.676 bits per heavy atom. The van der Waals surface area contributed by atoms with Crippen LogP contribution >= 0.6 is 0 Å². The first kappa shape index (κ1) is 42.3. The molecule has 0 amide bonds. The topological polar surface area (TPSA) is 3.24 Å². The molecule has 0 heterocycles. The summed E-state index contributed by atoms with van der Waals surface area (Å²) in [5.41, 5.74) is 25.3. The molecule has 336 valence electrons. The van der Waals surface area contributed by atoms with E-state index < -0.39 is 5.41 Å². The predicted octanol–water partition coefficient (Wildman–Crippen LogP) is 18.5. The van der Waals surface area contributed by atoms with E-state index in [0.29, 0.717) is 0 Å². The van der Waals surface area contributed by atoms with Crippen molar-refractivity contribution in [3.05, 3.63) is 306 Å². The normalized spacial score (nSPS) is 13.4. The Labute approximate surface area is 417 Å². The standard InChI is InChI=1S/C70H51N/c1-69(2)63-30-17-15-28-60(63)61-43-38-52(47-66(61)69)50-34-39-58(40-35-50)71(59-41-36-51(37-42-59)55-45-53(48-20-7-3-8-21-48)44-54(46-55)49-22-9-4-10-23-49)67-33-19-32-65-68(67)62-29-16-18-31-64(62)70(65,56-24-11-5-12-25-56)57-26-13-6-14-27-57/h3-47H,1-2H3. The third kappa shape index (κ3) is 6.91. The van der Waals surface area contributed by atoms with Gasteiger partial charge in [0.1, 0.15) is 0 Å². The van der Waals surface area contributed by atoms with E-state index in [1.807, 2.05) is 0 Å². The Hall–Kier alpha value is -8.78. The lowest BCUT2D eigenvalue weighted by Crippen LogP contribution is -2.28. The van der Waals surface area contributed by atoms with Gasteiger partial charge in [-0.2, -0.15) is 0 Å². The van der Waals surface area contributed by atoms with Crippen molar-refractivity contribution in [3.63, 3.8) is 0 Å². The maximum absolute atomic E-state index is 2.48. The number of fused-ring (bicyclic) bond motifs is 6. The van der Waals surface area contributed by atoms with Crippen molar-refractivity contribution in [2.24, 2.45) is 0 Å². The van der Waals surface area contributed by atoms with Crippen LogP contribution in [0.25, 0.3) is 66.8 Å². The van der Waals surface area contributed by atoms with Crippen LogP contribution in [0.4, 0.5) is 17.1 Å². The average Bonchev–Trinajstić information content (AvgIpc) is 3.88. The van der Waals surface area contributed by atoms with Gasteiger partial charge in [0.25, 0.3) is 0 Å². The molecule has 13 rings (SSSR count). The fraction of sp³-hybridized carbons (Fsp3) is 0.0571. The molecule has 11 aromatic carbocycles. The van der Waals surface area contributed by atoms with Gasteiger partial charge in [-0.3, -0.25) is 0 Å². The number of rotatable bonds is 9. The fourth-order valence-electron chi connectivity index (χ4n) is 12.0. The molecule has 0 aromatic heterocycles. The van der Waals surface area contributed by atoms with Gasteiger partial charge < -0.3 is 4.90 Å². The SMILES string of the molecule is CC1(C)c2ccccc2-c2ccc(-c3ccc(N(c4ccc(-c5cc(-c6ccccc6)cc(-c6ccccc6)c5)cc4)c4cccc5c4-c4ccccc4C5(c4ccccc4)c4ccccc4)cc3)cc21. The lowest BCUT2D eigenvalue weighted by molar-refractivity contribution is 0.660. The van der Waals surface area contributed by atoms with E-state index in [0.717, 1.165) is 22.6 Å². The maximum atomic E-state index is 2.48. The lowest BCUT2D eigenvalue weighted by atomic mass is 9.68. The summed E-state index contributed by atoms with van der Waals surface area (Å²) in [6, 6.07) is 101. The smallest absolute Gasteiger partial charge is 0.0714 e. The number of hydrogen-bond acceptors (Lipinski definition) is 1. The summed E-state index contributed by atoms with van der Waals surface area (Å²) in [5, 5.41) is 0. The highest BCUT2D eigenvalue weighted by atomic mass is 15.1. The summed E-state index contributed by atoms with van der Waals surface area (Å²) in [5.74, 6) is 0. The van der Waals surface area contributed by atoms with E-state index in [4.69, 9.17) is 0 Å². The van der Waals surface area contributed by atoms with Crippen LogP contribution in [-0.4, -0.2) is 0 Å². The molecule has 0 N–H and O–H groups in total. The van der Waals surface area contributed by atoms with Crippen LogP contribution < -0.4 is 4.90 Å². The van der Waals surface area contributed by atoms with Gasteiger partial charge in [0, 0.05) is 22.4 Å². The van der Waals surface area contributed by atoms with Gasteiger partial charge in [-0.1, -0.05) is 232 Å². The second kappa shape index (κ2) is 17.0. The molecule has 0 bridgehead atoms. The van der Waals surface area contributed by atoms with Crippen LogP contribution in [0, 0.1) is 0 Å². The van der Waals surface area contributed by atoms with Crippen molar-refractivity contribution in [3.8, 4) is 66.8 Å². The van der Waals surface area contributed by atoms with E-state index in [2.05, 4.69) is 292 Å². The predicted molar refractivity (Wildman–Crippen MR) is 298 cm³/mol. The van der Waals surface area contributed by atoms with Crippen LogP contribution in [0.3, 0.4) is 0 Å². The van der Waals surface area contributed by atoms with Crippen molar-refractivity contribution >= 4 is 17.1 Å². The molecule has 0 unspecified atom stereocenters. The Morgan fingerprint density at radius 3 is 1.23 bits per heavy atom. The largest absolute Gasteiger partial charge is 0.310 e. The second-order valence-corrected chi connectivity index (χ2v) is 19.6. The number of benzene rings is 11. The highest BCUT2D eigenvalue weighted by Gasteiger charge is 2.47. The fourth-order valence-corrected chi connectivity index (χ4v) is 12.0. The number of hydrogen-bond donors (Lipinski definition) is 0. The summed E-state index contributed by atoms with van der Waals surface area (Å²) < 4.78 is 0. The second-order valence-electron chi connectivity index (χ2n) is 19.6. The molecule has 2 aliphatic carbocycles. The van der Waals surface area contributed by atoms with Crippen LogP contribution in [0.1, 0.15) is 47.2 Å². The average molecular weight is 906 g/mol. The van der Waals surface area contributed by atoms with E-state index >= 15 is 0 Å². The minimum absolute atomic E-state index is 0.0739. The van der Waals surface area contributed by atoms with Crippen molar-refractivity contribution in [1.29, 1.82) is 0 Å². The molecule has 71 heavy (non-hydrogen) atoms. The van der Waals surface area contributed by atoms with E-state index in [1.165, 1.54) is 94.6 Å². The molecule has 2 aliphatic rings. The highest BCUT2D eigenvalue weighted by Crippen LogP contribution is 2.59. The van der Waals surface area contributed by atoms with E-state index in [9.17, 15) is 0 Å². The molecule has 1 nitrogen and oxygen atoms in total. The third-order valence-electron chi connectivity index (χ3n) is 15.3. The van der Waals surface area contributed by atoms with Crippen molar-refractivity contribution < 1.29 is 0 Å². The van der Waals surface area contributed by atoms with Crippen molar-refractivity contribution in [2.45, 2.75) is 24.7 Å². The highest BCUT2D eigenvalue weighted by molar-refractivity contribution is 5.98. The first-order valence-electron chi connectivity index (χ1n) is 24.8. The molecule has 11 aromatic rings. The van der Waals surface area contributed by atoms with Gasteiger partial charge in [-0.05, 0) is 149 Å². The molecule has 0 spiro atoms. The van der Waals surface area contributed by atoms with Crippen LogP contribution in [-0.2, 0) is 10.8 Å². The van der Waals surface area contributed by atoms with Gasteiger partial charge in [0.05, 0.1) is 11.1 Å². The summed E-state index contributed by atoms with van der Waals surface area (Å²) >= 11 is 0. The van der Waals surface area contributed by atoms with Gasteiger partial charge in [-0.25, -0.2) is 0 Å². The molecule has 0 atom stereocenters. The minimum atomic E-state index is -0.523. The molecular weight excluding hydrogens is 855 g/mol. The molecule has 0 saturated heterocycles. The zero-order valence-electron chi connectivity index (χ0n) is 39.9. The van der Waals surface area contributed by atoms with E-state index in [1.54, 1.807) is 0 Å². The first-order valence-corrected chi connectivity index (χ1v) is 24.8. The van der Waals surface area contributed by atoms with Gasteiger partial charge in [-0.15, -0.1) is 0 Å². The Balaban J connectivity index is 0.981. The summed E-state index contributed by atoms with van der Waals surface area (Å²) in [6.07, 6.45) is 0. The summed E-state index contributed by atoms with van der Waals surface area (Å²) in [4.78, 5) is 2.48. The quantitative estimate of drug-likeness (QED) is 0.139. The molecular formula is C70H51N. The molecule has 0 radical (unpaired) electrons. The Morgan fingerprint density at radius 1 is 0.268 bits per heavy atom. The zero-order valence-corrected chi connectivity index (χ0v) is 39.9. The zero-order chi connectivity index (χ0) is 47.5. The number of anilines is 3. The summed E-state index contributed by atoms with van der Waals surface area (Å²) in [7, 11) is 0. The monoisotopic (exact) mass is 905 g/mol. The van der Waals surface area contributed by atoms with Crippen molar-refractivity contribution in [2.75, 3.05) is 4.90 Å². The summed E-state index contributed by atoms with van der Waals surface area (Å²) in [6.45, 7) is 4.72.